The summed E-state index contributed by atoms with van der Waals surface area (Å²) < 4.78 is 14.0. The van der Waals surface area contributed by atoms with Crippen LogP contribution in [0.25, 0.3) is 10.9 Å². The monoisotopic (exact) mass is 719 g/mol. The molecule has 3 heterocycles. The van der Waals surface area contributed by atoms with Crippen LogP contribution in [-0.2, 0) is 24.3 Å². The number of piperidine rings is 1. The molecule has 0 radical (unpaired) electrons. The van der Waals surface area contributed by atoms with Crippen LogP contribution in [0.15, 0.2) is 54.6 Å². The van der Waals surface area contributed by atoms with E-state index < -0.39 is 11.4 Å². The number of aromatic nitrogens is 1. The number of hydrogen-bond donors (Lipinski definition) is 2. The lowest BCUT2D eigenvalue weighted by atomic mass is 9.73. The summed E-state index contributed by atoms with van der Waals surface area (Å²) in [6.07, 6.45) is 5.74. The van der Waals surface area contributed by atoms with Crippen LogP contribution >= 0.6 is 23.2 Å². The number of amides is 1. The van der Waals surface area contributed by atoms with Gasteiger partial charge in [-0.05, 0) is 119 Å². The zero-order chi connectivity index (χ0) is 35.4. The van der Waals surface area contributed by atoms with Crippen LogP contribution < -0.4 is 14.8 Å². The molecular formula is C40H47Cl2N3O5. The Kier molecular flexibility index (Phi) is 11.3. The summed E-state index contributed by atoms with van der Waals surface area (Å²) in [5.74, 6) is 0.779. The van der Waals surface area contributed by atoms with Gasteiger partial charge >= 0.3 is 5.97 Å². The van der Waals surface area contributed by atoms with E-state index in [0.29, 0.717) is 50.8 Å². The van der Waals surface area contributed by atoms with Gasteiger partial charge in [-0.15, -0.1) is 0 Å². The number of carboxylic acid groups (broad SMARTS) is 1. The van der Waals surface area contributed by atoms with Crippen molar-refractivity contribution < 1.29 is 24.2 Å². The van der Waals surface area contributed by atoms with Gasteiger partial charge < -0.3 is 24.5 Å². The molecule has 6 rings (SSSR count). The Hall–Kier alpha value is -3.72. The predicted molar refractivity (Wildman–Crippen MR) is 199 cm³/mol. The molecule has 8 nitrogen and oxygen atoms in total. The molecule has 1 fully saturated rings. The Bertz CT molecular complexity index is 1840. The molecule has 3 aromatic carbocycles. The Morgan fingerprint density at radius 2 is 1.78 bits per heavy atom. The number of halogens is 2. The number of carbonyl (C=O) groups excluding carboxylic acids is 1. The number of carbonyl (C=O) groups is 2. The number of para-hydroxylation sites is 1. The lowest BCUT2D eigenvalue weighted by molar-refractivity contribution is -0.135. The molecule has 1 spiro atoms. The van der Waals surface area contributed by atoms with E-state index in [1.54, 1.807) is 0 Å². The first-order valence-corrected chi connectivity index (χ1v) is 18.5. The summed E-state index contributed by atoms with van der Waals surface area (Å²) >= 11 is 12.8. The third-order valence-corrected chi connectivity index (χ3v) is 11.2. The fourth-order valence-electron chi connectivity index (χ4n) is 7.65. The Morgan fingerprint density at radius 1 is 1.04 bits per heavy atom. The first-order valence-electron chi connectivity index (χ1n) is 17.7. The molecule has 10 heteroatoms. The van der Waals surface area contributed by atoms with E-state index in [1.165, 1.54) is 5.56 Å². The largest absolute Gasteiger partial charge is 0.494 e. The number of hydrogen-bond acceptors (Lipinski definition) is 5. The van der Waals surface area contributed by atoms with E-state index in [4.69, 9.17) is 32.7 Å². The number of nitrogens with zero attached hydrogens (tertiary/aromatic N) is 2. The Balaban J connectivity index is 1.16. The molecule has 1 aromatic heterocycles. The number of aryl methyl sites for hydroxylation is 4. The molecule has 2 aliphatic heterocycles. The number of likely N-dealkylation sites (tertiary alicyclic amines) is 1. The summed E-state index contributed by atoms with van der Waals surface area (Å²) in [5, 5.41) is 16.0. The van der Waals surface area contributed by atoms with Gasteiger partial charge in [-0.3, -0.25) is 9.69 Å². The van der Waals surface area contributed by atoms with Gasteiger partial charge in [0.2, 0.25) is 5.91 Å². The molecule has 0 unspecified atom stereocenters. The fraction of sp³-hybridized carbons (Fsp3) is 0.450. The standard InChI is InChI=1S/C40H47Cl2N3O5/c1-26-21-31(22-27(2)36(26)42)49-20-8-17-45-34-23-30(41)12-13-32(34)33(37(45)38(46)47)24-44-18-15-40(16-19-44)14-7-6-10-29-9-4-5-11-35(29)50-25-28(3)43-39(40)48/h4-5,9,11-13,21-23,28H,6-8,10,14-20,24-25H2,1-3H3,(H,43,48)(H,46,47)/t28-/m1/s1. The number of nitrogens with one attached hydrogen (secondary N) is 1. The highest BCUT2D eigenvalue weighted by atomic mass is 35.5. The summed E-state index contributed by atoms with van der Waals surface area (Å²) in [4.78, 5) is 29.0. The summed E-state index contributed by atoms with van der Waals surface area (Å²) in [7, 11) is 0. The van der Waals surface area contributed by atoms with Crippen LogP contribution in [0.3, 0.4) is 0 Å². The number of fused-ring (bicyclic) bond motifs is 2. The first-order chi connectivity index (χ1) is 24.0. The minimum atomic E-state index is -0.970. The fourth-order valence-corrected chi connectivity index (χ4v) is 7.93. The lowest BCUT2D eigenvalue weighted by Gasteiger charge is -2.41. The maximum absolute atomic E-state index is 13.9. The second kappa shape index (κ2) is 15.7. The number of rotatable bonds is 8. The van der Waals surface area contributed by atoms with Gasteiger partial charge in [-0.1, -0.05) is 53.9 Å². The molecule has 266 valence electrons. The second-order valence-corrected chi connectivity index (χ2v) is 14.9. The summed E-state index contributed by atoms with van der Waals surface area (Å²) in [6.45, 7) is 9.08. The summed E-state index contributed by atoms with van der Waals surface area (Å²) in [6, 6.07) is 17.5. The van der Waals surface area contributed by atoms with E-state index in [9.17, 15) is 14.7 Å². The molecule has 1 amide bonds. The van der Waals surface area contributed by atoms with Crippen LogP contribution in [0, 0.1) is 19.3 Å². The average molecular weight is 721 g/mol. The van der Waals surface area contributed by atoms with E-state index in [-0.39, 0.29) is 17.6 Å². The molecule has 0 saturated carbocycles. The van der Waals surface area contributed by atoms with Gasteiger partial charge in [0, 0.05) is 34.1 Å². The minimum absolute atomic E-state index is 0.103. The molecule has 1 saturated heterocycles. The highest BCUT2D eigenvalue weighted by Gasteiger charge is 2.41. The van der Waals surface area contributed by atoms with Crippen molar-refractivity contribution in [2.24, 2.45) is 5.41 Å². The van der Waals surface area contributed by atoms with Crippen LogP contribution in [-0.4, -0.2) is 58.8 Å². The average Bonchev–Trinajstić information content (AvgIpc) is 3.39. The molecule has 50 heavy (non-hydrogen) atoms. The molecule has 2 N–H and O–H groups in total. The second-order valence-electron chi connectivity index (χ2n) is 14.1. The predicted octanol–water partition coefficient (Wildman–Crippen LogP) is 8.62. The van der Waals surface area contributed by atoms with Crippen molar-refractivity contribution in [1.29, 1.82) is 0 Å². The number of aromatic carboxylic acids is 1. The van der Waals surface area contributed by atoms with Crippen LogP contribution in [0.2, 0.25) is 10.0 Å². The minimum Gasteiger partial charge on any atom is -0.494 e. The molecular weight excluding hydrogens is 673 g/mol. The topological polar surface area (TPSA) is 93.0 Å². The van der Waals surface area contributed by atoms with Crippen molar-refractivity contribution in [1.82, 2.24) is 14.8 Å². The van der Waals surface area contributed by atoms with Crippen molar-refractivity contribution >= 4 is 46.0 Å². The number of carboxylic acids is 1. The zero-order valence-electron chi connectivity index (χ0n) is 29.2. The third-order valence-electron chi connectivity index (χ3n) is 10.4. The van der Waals surface area contributed by atoms with Crippen molar-refractivity contribution in [2.45, 2.75) is 84.8 Å². The van der Waals surface area contributed by atoms with Gasteiger partial charge in [0.15, 0.2) is 0 Å². The van der Waals surface area contributed by atoms with Gasteiger partial charge in [0.1, 0.15) is 23.8 Å². The van der Waals surface area contributed by atoms with Gasteiger partial charge in [0.05, 0.1) is 23.6 Å². The number of benzene rings is 3. The Morgan fingerprint density at radius 3 is 2.52 bits per heavy atom. The molecule has 4 aromatic rings. The van der Waals surface area contributed by atoms with Gasteiger partial charge in [0.25, 0.3) is 0 Å². The SMILES string of the molecule is Cc1cc(OCCCn2c(C(=O)O)c(CN3CCC4(CCCCc5ccccc5OC[C@@H](C)NC4=O)CC3)c3ccc(Cl)cc32)cc(C)c1Cl. The molecule has 0 bridgehead atoms. The van der Waals surface area contributed by atoms with E-state index >= 15 is 0 Å². The first kappa shape index (κ1) is 36.1. The van der Waals surface area contributed by atoms with Crippen LogP contribution in [0.1, 0.15) is 78.2 Å². The molecule has 2 aliphatic rings. The highest BCUT2D eigenvalue weighted by molar-refractivity contribution is 6.32. The lowest BCUT2D eigenvalue weighted by Crippen LogP contribution is -2.51. The van der Waals surface area contributed by atoms with E-state index in [2.05, 4.69) is 22.3 Å². The van der Waals surface area contributed by atoms with Crippen molar-refractivity contribution in [2.75, 3.05) is 26.3 Å². The van der Waals surface area contributed by atoms with Crippen LogP contribution in [0.4, 0.5) is 0 Å². The zero-order valence-corrected chi connectivity index (χ0v) is 30.7. The third kappa shape index (κ3) is 7.93. The quantitative estimate of drug-likeness (QED) is 0.177. The highest BCUT2D eigenvalue weighted by Crippen LogP contribution is 2.39. The molecule has 1 atom stereocenters. The Labute approximate surface area is 304 Å². The van der Waals surface area contributed by atoms with Crippen molar-refractivity contribution in [3.63, 3.8) is 0 Å². The molecule has 0 aliphatic carbocycles. The van der Waals surface area contributed by atoms with Gasteiger partial charge in [-0.25, -0.2) is 4.79 Å². The maximum Gasteiger partial charge on any atom is 0.352 e. The maximum atomic E-state index is 13.9. The van der Waals surface area contributed by atoms with Gasteiger partial charge in [-0.2, -0.15) is 0 Å². The number of ether oxygens (including phenoxy) is 2. The normalized spacial score (nSPS) is 18.5. The smallest absolute Gasteiger partial charge is 0.352 e. The van der Waals surface area contributed by atoms with E-state index in [1.807, 2.05) is 67.8 Å². The van der Waals surface area contributed by atoms with E-state index in [0.717, 1.165) is 82.6 Å². The van der Waals surface area contributed by atoms with Crippen LogP contribution in [0.5, 0.6) is 11.5 Å². The summed E-state index contributed by atoms with van der Waals surface area (Å²) in [5.41, 5.74) is 4.52. The van der Waals surface area contributed by atoms with Crippen molar-refractivity contribution in [3.05, 3.63) is 92.6 Å². The van der Waals surface area contributed by atoms with Crippen molar-refractivity contribution in [3.8, 4) is 11.5 Å².